The average molecular weight is 362 g/mol. The molecule has 0 heterocycles. The van der Waals surface area contributed by atoms with Crippen LogP contribution >= 0.6 is 27.5 Å². The fourth-order valence-electron chi connectivity index (χ4n) is 2.62. The normalized spacial score (nSPS) is 13.2. The molecule has 1 aromatic rings. The number of halogens is 2. The summed E-state index contributed by atoms with van der Waals surface area (Å²) in [5.74, 6) is 0.734. The lowest BCUT2D eigenvalue weighted by Crippen LogP contribution is -2.42. The third-order valence-corrected chi connectivity index (χ3v) is 4.79. The lowest BCUT2D eigenvalue weighted by molar-refractivity contribution is 0.194. The topological polar surface area (TPSA) is 15.3 Å². The minimum absolute atomic E-state index is 0.569. The van der Waals surface area contributed by atoms with Crippen molar-refractivity contribution in [3.05, 3.63) is 33.3 Å². The van der Waals surface area contributed by atoms with Gasteiger partial charge in [0.05, 0.1) is 0 Å². The number of hydrogen-bond acceptors (Lipinski definition) is 2. The van der Waals surface area contributed by atoms with Crippen LogP contribution in [0, 0.1) is 5.92 Å². The molecular weight excluding hydrogens is 336 g/mol. The highest BCUT2D eigenvalue weighted by Gasteiger charge is 2.20. The number of nitrogens with one attached hydrogen (secondary N) is 1. The molecule has 4 heteroatoms. The molecule has 0 fully saturated rings. The minimum atomic E-state index is 0.569. The molecule has 1 N–H and O–H groups in total. The molecule has 0 radical (unpaired) electrons. The van der Waals surface area contributed by atoms with Gasteiger partial charge in [0.15, 0.2) is 0 Å². The number of nitrogens with zero attached hydrogens (tertiary/aromatic N) is 1. The first-order chi connectivity index (χ1) is 9.49. The van der Waals surface area contributed by atoms with E-state index in [2.05, 4.69) is 60.2 Å². The average Bonchev–Trinajstić information content (AvgIpc) is 2.40. The molecule has 1 rings (SSSR count). The van der Waals surface area contributed by atoms with E-state index in [1.54, 1.807) is 0 Å². The van der Waals surface area contributed by atoms with E-state index in [9.17, 15) is 0 Å². The molecule has 114 valence electrons. The number of likely N-dealkylation sites (N-methyl/N-ethyl adjacent to an activating group) is 1. The van der Waals surface area contributed by atoms with E-state index >= 15 is 0 Å². The van der Waals surface area contributed by atoms with Crippen LogP contribution in [0.2, 0.25) is 5.02 Å². The van der Waals surface area contributed by atoms with Crippen LogP contribution < -0.4 is 5.32 Å². The van der Waals surface area contributed by atoms with Gasteiger partial charge < -0.3 is 10.2 Å². The Bertz CT molecular complexity index is 405. The lowest BCUT2D eigenvalue weighted by Gasteiger charge is -2.31. The van der Waals surface area contributed by atoms with Crippen LogP contribution in [-0.2, 0) is 6.54 Å². The van der Waals surface area contributed by atoms with Crippen molar-refractivity contribution in [3.63, 3.8) is 0 Å². The molecule has 0 spiro atoms. The van der Waals surface area contributed by atoms with Gasteiger partial charge in [-0.05, 0) is 37.7 Å². The van der Waals surface area contributed by atoms with Gasteiger partial charge in [-0.3, -0.25) is 0 Å². The fraction of sp³-hybridized carbons (Fsp3) is 0.625. The van der Waals surface area contributed by atoms with E-state index in [0.717, 1.165) is 34.1 Å². The molecule has 1 unspecified atom stereocenters. The molecule has 0 saturated carbocycles. The van der Waals surface area contributed by atoms with Crippen molar-refractivity contribution in [2.75, 3.05) is 20.6 Å². The van der Waals surface area contributed by atoms with Crippen molar-refractivity contribution >= 4 is 27.5 Å². The number of benzene rings is 1. The molecule has 0 aliphatic carbocycles. The Balaban J connectivity index is 2.56. The molecular formula is C16H26BrClN2. The summed E-state index contributed by atoms with van der Waals surface area (Å²) >= 11 is 9.68. The Morgan fingerprint density at radius 2 is 1.90 bits per heavy atom. The predicted molar refractivity (Wildman–Crippen MR) is 92.4 cm³/mol. The zero-order chi connectivity index (χ0) is 15.1. The molecule has 0 aliphatic rings. The maximum Gasteiger partial charge on any atom is 0.0462 e. The predicted octanol–water partition coefficient (Wildman–Crippen LogP) is 4.56. The van der Waals surface area contributed by atoms with E-state index < -0.39 is 0 Å². The van der Waals surface area contributed by atoms with Crippen LogP contribution in [0.1, 0.15) is 32.3 Å². The highest BCUT2D eigenvalue weighted by Crippen LogP contribution is 2.21. The summed E-state index contributed by atoms with van der Waals surface area (Å²) in [6, 6.07) is 6.62. The molecule has 0 amide bonds. The second-order valence-electron chi connectivity index (χ2n) is 5.47. The van der Waals surface area contributed by atoms with E-state index in [0.29, 0.717) is 6.04 Å². The van der Waals surface area contributed by atoms with Crippen LogP contribution in [0.5, 0.6) is 0 Å². The second-order valence-corrected chi connectivity index (χ2v) is 6.80. The maximum absolute atomic E-state index is 6.24. The maximum atomic E-state index is 6.24. The van der Waals surface area contributed by atoms with E-state index in [1.165, 1.54) is 12.8 Å². The smallest absolute Gasteiger partial charge is 0.0462 e. The van der Waals surface area contributed by atoms with Gasteiger partial charge in [0.2, 0.25) is 0 Å². The van der Waals surface area contributed by atoms with Crippen LogP contribution in [-0.4, -0.2) is 31.6 Å². The summed E-state index contributed by atoms with van der Waals surface area (Å²) < 4.78 is 1.02. The zero-order valence-corrected chi connectivity index (χ0v) is 15.3. The zero-order valence-electron chi connectivity index (χ0n) is 12.9. The molecule has 0 aliphatic heterocycles. The largest absolute Gasteiger partial charge is 0.311 e. The Labute approximate surface area is 137 Å². The van der Waals surface area contributed by atoms with Crippen molar-refractivity contribution in [1.82, 2.24) is 10.2 Å². The summed E-state index contributed by atoms with van der Waals surface area (Å²) in [6.07, 6.45) is 2.44. The lowest BCUT2D eigenvalue weighted by atomic mass is 9.93. The van der Waals surface area contributed by atoms with E-state index in [-0.39, 0.29) is 0 Å². The molecule has 1 aromatic carbocycles. The van der Waals surface area contributed by atoms with Gasteiger partial charge in [0.25, 0.3) is 0 Å². The van der Waals surface area contributed by atoms with E-state index in [1.807, 2.05) is 12.1 Å². The van der Waals surface area contributed by atoms with Crippen LogP contribution in [0.15, 0.2) is 22.7 Å². The number of rotatable bonds is 8. The monoisotopic (exact) mass is 360 g/mol. The highest BCUT2D eigenvalue weighted by molar-refractivity contribution is 9.10. The Kier molecular flexibility index (Phi) is 8.11. The summed E-state index contributed by atoms with van der Waals surface area (Å²) in [5.41, 5.74) is 1.15. The summed E-state index contributed by atoms with van der Waals surface area (Å²) in [5, 5.41) is 4.37. The van der Waals surface area contributed by atoms with Gasteiger partial charge in [-0.2, -0.15) is 0 Å². The first-order valence-electron chi connectivity index (χ1n) is 7.30. The van der Waals surface area contributed by atoms with Gasteiger partial charge >= 0.3 is 0 Å². The third-order valence-electron chi connectivity index (χ3n) is 3.94. The van der Waals surface area contributed by atoms with Crippen molar-refractivity contribution in [2.24, 2.45) is 5.92 Å². The molecule has 2 nitrogen and oxygen atoms in total. The summed E-state index contributed by atoms with van der Waals surface area (Å²) in [4.78, 5) is 2.33. The number of hydrogen-bond donors (Lipinski definition) is 1. The Morgan fingerprint density at radius 3 is 2.40 bits per heavy atom. The molecule has 0 bridgehead atoms. The van der Waals surface area contributed by atoms with Crippen molar-refractivity contribution in [3.8, 4) is 0 Å². The highest BCUT2D eigenvalue weighted by atomic mass is 79.9. The minimum Gasteiger partial charge on any atom is -0.311 e. The molecule has 0 aromatic heterocycles. The SMILES string of the molecule is CCC(CC)C(CNCc1ccc(Br)cc1Cl)N(C)C. The molecule has 0 saturated heterocycles. The summed E-state index contributed by atoms with van der Waals surface area (Å²) in [7, 11) is 4.33. The van der Waals surface area contributed by atoms with Crippen molar-refractivity contribution < 1.29 is 0 Å². The van der Waals surface area contributed by atoms with Crippen LogP contribution in [0.4, 0.5) is 0 Å². The van der Waals surface area contributed by atoms with Crippen molar-refractivity contribution in [2.45, 2.75) is 39.3 Å². The van der Waals surface area contributed by atoms with Gasteiger partial charge in [-0.1, -0.05) is 60.3 Å². The van der Waals surface area contributed by atoms with Gasteiger partial charge in [0, 0.05) is 28.6 Å². The Hall–Kier alpha value is -0.0900. The fourth-order valence-corrected chi connectivity index (χ4v) is 3.36. The Morgan fingerprint density at radius 1 is 1.25 bits per heavy atom. The van der Waals surface area contributed by atoms with Crippen LogP contribution in [0.3, 0.4) is 0 Å². The second kappa shape index (κ2) is 9.04. The molecule has 1 atom stereocenters. The van der Waals surface area contributed by atoms with Gasteiger partial charge in [-0.25, -0.2) is 0 Å². The van der Waals surface area contributed by atoms with Crippen LogP contribution in [0.25, 0.3) is 0 Å². The first-order valence-corrected chi connectivity index (χ1v) is 8.47. The van der Waals surface area contributed by atoms with E-state index in [4.69, 9.17) is 11.6 Å². The molecule has 20 heavy (non-hydrogen) atoms. The van der Waals surface area contributed by atoms with Gasteiger partial charge in [-0.15, -0.1) is 0 Å². The summed E-state index contributed by atoms with van der Waals surface area (Å²) in [6.45, 7) is 6.36. The van der Waals surface area contributed by atoms with Gasteiger partial charge in [0.1, 0.15) is 0 Å². The standard InChI is InChI=1S/C16H26BrClN2/c1-5-12(6-2)16(20(3)4)11-19-10-13-7-8-14(17)9-15(13)18/h7-9,12,16,19H,5-6,10-11H2,1-4H3. The first kappa shape index (κ1) is 18.0. The van der Waals surface area contributed by atoms with Crippen molar-refractivity contribution in [1.29, 1.82) is 0 Å². The quantitative estimate of drug-likeness (QED) is 0.730. The third kappa shape index (κ3) is 5.36.